The fourth-order valence-corrected chi connectivity index (χ4v) is 1.95. The molecule has 19 heavy (non-hydrogen) atoms. The number of H-pyrrole nitrogens is 1. The molecule has 0 bridgehead atoms. The summed E-state index contributed by atoms with van der Waals surface area (Å²) in [5, 5.41) is 3.18. The highest BCUT2D eigenvalue weighted by molar-refractivity contribution is 5.88. The summed E-state index contributed by atoms with van der Waals surface area (Å²) in [6, 6.07) is 11.8. The average Bonchev–Trinajstić information content (AvgIpc) is 2.98. The normalized spacial score (nSPS) is 10.8. The van der Waals surface area contributed by atoms with Crippen LogP contribution in [0.15, 0.2) is 42.6 Å². The van der Waals surface area contributed by atoms with Gasteiger partial charge in [0.25, 0.3) is 0 Å². The molecule has 5 heteroatoms. The fraction of sp³-hybridized carbons (Fsp3) is 0.143. The summed E-state index contributed by atoms with van der Waals surface area (Å²) >= 11 is 0. The van der Waals surface area contributed by atoms with Gasteiger partial charge in [0.15, 0.2) is 11.3 Å². The second-order valence-electron chi connectivity index (χ2n) is 4.11. The Labute approximate surface area is 109 Å². The number of hydrogen-bond donors (Lipinski definition) is 1. The first-order valence-electron chi connectivity index (χ1n) is 6.08. The van der Waals surface area contributed by atoms with E-state index < -0.39 is 5.97 Å². The van der Waals surface area contributed by atoms with E-state index in [4.69, 9.17) is 4.74 Å². The van der Waals surface area contributed by atoms with Crippen LogP contribution in [-0.2, 0) is 4.74 Å². The SMILES string of the molecule is CCOC(=O)c1cn2[nH]c(-c3ccccc3)cc2n1. The molecule has 0 aliphatic carbocycles. The molecule has 0 fully saturated rings. The second kappa shape index (κ2) is 4.61. The Bertz CT molecular complexity index is 681. The van der Waals surface area contributed by atoms with Gasteiger partial charge in [-0.2, -0.15) is 0 Å². The van der Waals surface area contributed by atoms with E-state index in [2.05, 4.69) is 10.1 Å². The van der Waals surface area contributed by atoms with Crippen molar-refractivity contribution in [3.63, 3.8) is 0 Å². The number of aromatic amines is 1. The van der Waals surface area contributed by atoms with Crippen molar-refractivity contribution >= 4 is 11.6 Å². The first-order valence-corrected chi connectivity index (χ1v) is 6.08. The van der Waals surface area contributed by atoms with Crippen LogP contribution in [0.4, 0.5) is 0 Å². The van der Waals surface area contributed by atoms with Crippen molar-refractivity contribution in [2.45, 2.75) is 6.92 Å². The highest BCUT2D eigenvalue weighted by Crippen LogP contribution is 2.19. The Morgan fingerprint density at radius 1 is 1.37 bits per heavy atom. The zero-order valence-corrected chi connectivity index (χ0v) is 10.5. The predicted molar refractivity (Wildman–Crippen MR) is 70.9 cm³/mol. The summed E-state index contributed by atoms with van der Waals surface area (Å²) in [5.74, 6) is -0.402. The van der Waals surface area contributed by atoms with Crippen molar-refractivity contribution in [2.24, 2.45) is 0 Å². The summed E-state index contributed by atoms with van der Waals surface area (Å²) < 4.78 is 6.63. The number of imidazole rings is 1. The molecule has 0 spiro atoms. The van der Waals surface area contributed by atoms with Crippen LogP contribution in [0.25, 0.3) is 16.9 Å². The fourth-order valence-electron chi connectivity index (χ4n) is 1.95. The van der Waals surface area contributed by atoms with Gasteiger partial charge in [-0.05, 0) is 12.5 Å². The lowest BCUT2D eigenvalue weighted by Gasteiger charge is -1.97. The van der Waals surface area contributed by atoms with E-state index in [1.165, 1.54) is 0 Å². The maximum absolute atomic E-state index is 11.6. The first kappa shape index (κ1) is 11.5. The topological polar surface area (TPSA) is 59.4 Å². The molecule has 0 amide bonds. The van der Waals surface area contributed by atoms with Crippen LogP contribution in [0.2, 0.25) is 0 Å². The highest BCUT2D eigenvalue weighted by atomic mass is 16.5. The molecule has 3 aromatic rings. The molecule has 0 saturated heterocycles. The van der Waals surface area contributed by atoms with E-state index in [9.17, 15) is 4.79 Å². The van der Waals surface area contributed by atoms with Gasteiger partial charge in [-0.25, -0.2) is 14.3 Å². The predicted octanol–water partition coefficient (Wildman–Crippen LogP) is 2.51. The number of ether oxygens (including phenoxy) is 1. The largest absolute Gasteiger partial charge is 0.461 e. The van der Waals surface area contributed by atoms with E-state index in [1.54, 1.807) is 17.6 Å². The smallest absolute Gasteiger partial charge is 0.358 e. The molecule has 2 heterocycles. The lowest BCUT2D eigenvalue weighted by atomic mass is 10.2. The van der Waals surface area contributed by atoms with Crippen molar-refractivity contribution in [3.05, 3.63) is 48.3 Å². The quantitative estimate of drug-likeness (QED) is 0.731. The summed E-state index contributed by atoms with van der Waals surface area (Å²) in [4.78, 5) is 15.8. The number of carbonyl (C=O) groups excluding carboxylic acids is 1. The van der Waals surface area contributed by atoms with E-state index in [-0.39, 0.29) is 0 Å². The monoisotopic (exact) mass is 255 g/mol. The van der Waals surface area contributed by atoms with E-state index in [1.807, 2.05) is 36.4 Å². The maximum atomic E-state index is 11.6. The molecular formula is C14H13N3O2. The van der Waals surface area contributed by atoms with Crippen LogP contribution in [0, 0.1) is 0 Å². The number of esters is 1. The van der Waals surface area contributed by atoms with Gasteiger partial charge < -0.3 is 4.74 Å². The van der Waals surface area contributed by atoms with Gasteiger partial charge in [0.2, 0.25) is 0 Å². The molecule has 5 nitrogen and oxygen atoms in total. The second-order valence-corrected chi connectivity index (χ2v) is 4.11. The molecule has 0 aliphatic rings. The number of nitrogens with zero attached hydrogens (tertiary/aromatic N) is 2. The van der Waals surface area contributed by atoms with Crippen molar-refractivity contribution in [1.82, 2.24) is 14.6 Å². The lowest BCUT2D eigenvalue weighted by Crippen LogP contribution is -2.04. The van der Waals surface area contributed by atoms with Crippen LogP contribution in [-0.4, -0.2) is 27.2 Å². The van der Waals surface area contributed by atoms with Crippen LogP contribution < -0.4 is 0 Å². The van der Waals surface area contributed by atoms with Crippen molar-refractivity contribution in [2.75, 3.05) is 6.61 Å². The number of aromatic nitrogens is 3. The van der Waals surface area contributed by atoms with Gasteiger partial charge >= 0.3 is 5.97 Å². The first-order chi connectivity index (χ1) is 9.28. The van der Waals surface area contributed by atoms with Crippen LogP contribution >= 0.6 is 0 Å². The Morgan fingerprint density at radius 3 is 2.84 bits per heavy atom. The summed E-state index contributed by atoms with van der Waals surface area (Å²) in [6.45, 7) is 2.12. The summed E-state index contributed by atoms with van der Waals surface area (Å²) in [5.41, 5.74) is 3.04. The Balaban J connectivity index is 1.96. The van der Waals surface area contributed by atoms with Gasteiger partial charge in [0.05, 0.1) is 18.5 Å². The van der Waals surface area contributed by atoms with Gasteiger partial charge in [0, 0.05) is 6.07 Å². The number of carbonyl (C=O) groups is 1. The summed E-state index contributed by atoms with van der Waals surface area (Å²) in [6.07, 6.45) is 1.64. The molecule has 0 aliphatic heterocycles. The Kier molecular flexibility index (Phi) is 2.79. The third-order valence-corrected chi connectivity index (χ3v) is 2.82. The molecule has 1 aromatic carbocycles. The zero-order chi connectivity index (χ0) is 13.2. The molecule has 0 radical (unpaired) electrons. The summed E-state index contributed by atoms with van der Waals surface area (Å²) in [7, 11) is 0. The standard InChI is InChI=1S/C14H13N3O2/c1-2-19-14(18)12-9-17-13(15-12)8-11(16-17)10-6-4-3-5-7-10/h3-9,16H,2H2,1H3. The third-order valence-electron chi connectivity index (χ3n) is 2.82. The van der Waals surface area contributed by atoms with Gasteiger partial charge in [-0.3, -0.25) is 5.10 Å². The third kappa shape index (κ3) is 2.10. The van der Waals surface area contributed by atoms with E-state index >= 15 is 0 Å². The van der Waals surface area contributed by atoms with Crippen molar-refractivity contribution < 1.29 is 9.53 Å². The number of hydrogen-bond acceptors (Lipinski definition) is 3. The van der Waals surface area contributed by atoms with Gasteiger partial charge in [-0.1, -0.05) is 30.3 Å². The van der Waals surface area contributed by atoms with Crippen molar-refractivity contribution in [3.8, 4) is 11.3 Å². The lowest BCUT2D eigenvalue weighted by molar-refractivity contribution is 0.0520. The minimum atomic E-state index is -0.402. The maximum Gasteiger partial charge on any atom is 0.358 e. The number of benzene rings is 1. The molecule has 3 rings (SSSR count). The Hall–Kier alpha value is -2.56. The molecule has 0 unspecified atom stereocenters. The van der Waals surface area contributed by atoms with E-state index in [0.29, 0.717) is 17.9 Å². The van der Waals surface area contributed by atoms with Crippen LogP contribution in [0.1, 0.15) is 17.4 Å². The van der Waals surface area contributed by atoms with Gasteiger partial charge in [-0.15, -0.1) is 0 Å². The number of fused-ring (bicyclic) bond motifs is 1. The molecular weight excluding hydrogens is 242 g/mol. The van der Waals surface area contributed by atoms with Gasteiger partial charge in [0.1, 0.15) is 0 Å². The molecule has 96 valence electrons. The minimum absolute atomic E-state index is 0.313. The van der Waals surface area contributed by atoms with E-state index in [0.717, 1.165) is 11.3 Å². The molecule has 0 atom stereocenters. The molecule has 2 aromatic heterocycles. The molecule has 1 N–H and O–H groups in total. The average molecular weight is 255 g/mol. The molecule has 0 saturated carbocycles. The number of nitrogens with one attached hydrogen (secondary N) is 1. The minimum Gasteiger partial charge on any atom is -0.461 e. The zero-order valence-electron chi connectivity index (χ0n) is 10.5. The van der Waals surface area contributed by atoms with Crippen LogP contribution in [0.3, 0.4) is 0 Å². The van der Waals surface area contributed by atoms with Crippen LogP contribution in [0.5, 0.6) is 0 Å². The highest BCUT2D eigenvalue weighted by Gasteiger charge is 2.13. The Morgan fingerprint density at radius 2 is 2.16 bits per heavy atom. The number of rotatable bonds is 3. The van der Waals surface area contributed by atoms with Crippen molar-refractivity contribution in [1.29, 1.82) is 0 Å².